The summed E-state index contributed by atoms with van der Waals surface area (Å²) in [6, 6.07) is 13.3. The third kappa shape index (κ3) is 7.75. The van der Waals surface area contributed by atoms with Crippen molar-refractivity contribution in [2.75, 3.05) is 25.6 Å². The Morgan fingerprint density at radius 3 is 2.30 bits per heavy atom. The van der Waals surface area contributed by atoms with E-state index in [1.165, 1.54) is 30.2 Å². The number of carbonyl (C=O) groups excluding carboxylic acids is 1. The molecule has 0 spiro atoms. The van der Waals surface area contributed by atoms with Crippen LogP contribution in [0.15, 0.2) is 71.6 Å². The number of nitrogens with one attached hydrogen (secondary N) is 1. The molecule has 198 valence electrons. The van der Waals surface area contributed by atoms with Gasteiger partial charge in [-0.25, -0.2) is 4.79 Å². The number of anilines is 1. The van der Waals surface area contributed by atoms with E-state index in [9.17, 15) is 26.4 Å². The molecule has 13 heteroatoms. The van der Waals surface area contributed by atoms with E-state index in [4.69, 9.17) is 32.1 Å². The van der Waals surface area contributed by atoms with Crippen molar-refractivity contribution in [2.45, 2.75) is 17.6 Å². The summed E-state index contributed by atoms with van der Waals surface area (Å²) in [5, 5.41) is 3.13. The number of urea groups is 1. The van der Waals surface area contributed by atoms with Crippen LogP contribution in [0.1, 0.15) is 11.1 Å². The second-order valence-corrected chi connectivity index (χ2v) is 10.0. The molecule has 1 N–H and O–H groups in total. The molecular weight excluding hydrogens is 556 g/mol. The van der Waals surface area contributed by atoms with Crippen molar-refractivity contribution >= 4 is 45.0 Å². The summed E-state index contributed by atoms with van der Waals surface area (Å²) in [6.07, 6.45) is -4.72. The molecule has 0 saturated carbocycles. The maximum atomic E-state index is 13.0. The van der Waals surface area contributed by atoms with E-state index in [2.05, 4.69) is 5.32 Å². The first kappa shape index (κ1) is 28.6. The van der Waals surface area contributed by atoms with Gasteiger partial charge in [0.05, 0.1) is 27.9 Å². The smallest absolute Gasteiger partial charge is 0.383 e. The first-order valence-corrected chi connectivity index (χ1v) is 12.8. The third-order valence-corrected chi connectivity index (χ3v) is 6.85. The highest BCUT2D eigenvalue weighted by molar-refractivity contribution is 7.87. The molecule has 0 aliphatic heterocycles. The number of halogens is 5. The number of amides is 2. The number of rotatable bonds is 9. The van der Waals surface area contributed by atoms with E-state index in [0.29, 0.717) is 11.6 Å². The van der Waals surface area contributed by atoms with E-state index >= 15 is 0 Å². The molecular formula is C24H21Cl2F3N2O5S. The van der Waals surface area contributed by atoms with Crippen LogP contribution >= 0.6 is 23.2 Å². The van der Waals surface area contributed by atoms with Crippen LogP contribution in [0.2, 0.25) is 10.0 Å². The molecule has 0 atom stereocenters. The molecule has 3 rings (SSSR count). The predicted molar refractivity (Wildman–Crippen MR) is 133 cm³/mol. The number of ether oxygens (including phenoxy) is 1. The normalized spacial score (nSPS) is 11.7. The Morgan fingerprint density at radius 1 is 1.00 bits per heavy atom. The highest BCUT2D eigenvalue weighted by Gasteiger charge is 2.32. The van der Waals surface area contributed by atoms with Crippen LogP contribution in [0.3, 0.4) is 0 Å². The van der Waals surface area contributed by atoms with Crippen LogP contribution in [0.4, 0.5) is 23.7 Å². The first-order chi connectivity index (χ1) is 17.4. The Kier molecular flexibility index (Phi) is 9.30. The fourth-order valence-corrected chi connectivity index (χ4v) is 4.64. The number of hydrogen-bond donors (Lipinski definition) is 1. The summed E-state index contributed by atoms with van der Waals surface area (Å²) < 4.78 is 74.4. The summed E-state index contributed by atoms with van der Waals surface area (Å²) in [7, 11) is -3.10. The van der Waals surface area contributed by atoms with Crippen LogP contribution in [0.25, 0.3) is 0 Å². The zero-order valence-electron chi connectivity index (χ0n) is 19.3. The molecule has 0 radical (unpaired) electrons. The minimum Gasteiger partial charge on any atom is -0.383 e. The lowest BCUT2D eigenvalue weighted by Gasteiger charge is -2.24. The average Bonchev–Trinajstić information content (AvgIpc) is 2.83. The van der Waals surface area contributed by atoms with Gasteiger partial charge in [-0.3, -0.25) is 0 Å². The maximum Gasteiger partial charge on any atom is 0.416 e. The van der Waals surface area contributed by atoms with E-state index < -0.39 is 32.8 Å². The first-order valence-electron chi connectivity index (χ1n) is 10.6. The number of carbonyl (C=O) groups is 1. The molecule has 0 aromatic heterocycles. The molecule has 3 aromatic carbocycles. The molecule has 0 saturated heterocycles. The third-order valence-electron chi connectivity index (χ3n) is 4.98. The maximum absolute atomic E-state index is 13.0. The SMILES string of the molecule is COCCN(Cc1cccc(OS(=O)(=O)c2cccc(C(F)(F)F)c2)c1)C(=O)Nc1c(Cl)cccc1Cl. The van der Waals surface area contributed by atoms with E-state index in [-0.39, 0.29) is 41.2 Å². The van der Waals surface area contributed by atoms with Crippen LogP contribution in [-0.2, 0) is 27.6 Å². The Bertz CT molecular complexity index is 1350. The van der Waals surface area contributed by atoms with Crippen molar-refractivity contribution in [3.8, 4) is 5.75 Å². The van der Waals surface area contributed by atoms with Gasteiger partial charge in [-0.15, -0.1) is 0 Å². The molecule has 0 aliphatic rings. The fourth-order valence-electron chi connectivity index (χ4n) is 3.18. The lowest BCUT2D eigenvalue weighted by Crippen LogP contribution is -2.37. The minimum atomic E-state index is -4.72. The molecule has 0 fully saturated rings. The molecule has 0 bridgehead atoms. The Labute approximate surface area is 221 Å². The molecule has 0 heterocycles. The van der Waals surface area contributed by atoms with E-state index in [1.807, 2.05) is 0 Å². The van der Waals surface area contributed by atoms with Crippen molar-refractivity contribution in [3.63, 3.8) is 0 Å². The minimum absolute atomic E-state index is 0.0120. The van der Waals surface area contributed by atoms with E-state index in [1.54, 1.807) is 24.3 Å². The summed E-state index contributed by atoms with van der Waals surface area (Å²) in [4.78, 5) is 13.7. The summed E-state index contributed by atoms with van der Waals surface area (Å²) in [5.41, 5.74) is -0.417. The lowest BCUT2D eigenvalue weighted by molar-refractivity contribution is -0.137. The van der Waals surface area contributed by atoms with Gasteiger partial charge in [0, 0.05) is 20.2 Å². The molecule has 3 aromatic rings. The quantitative estimate of drug-likeness (QED) is 0.295. The molecule has 37 heavy (non-hydrogen) atoms. The van der Waals surface area contributed by atoms with Gasteiger partial charge in [-0.1, -0.05) is 47.5 Å². The second kappa shape index (κ2) is 12.0. The number of para-hydroxylation sites is 1. The zero-order chi connectivity index (χ0) is 27.2. The van der Waals surface area contributed by atoms with Gasteiger partial charge in [0.1, 0.15) is 10.6 Å². The largest absolute Gasteiger partial charge is 0.416 e. The highest BCUT2D eigenvalue weighted by atomic mass is 35.5. The Hall–Kier alpha value is -2.99. The van der Waals surface area contributed by atoms with Crippen molar-refractivity contribution < 1.29 is 35.3 Å². The number of methoxy groups -OCH3 is 1. The van der Waals surface area contributed by atoms with Gasteiger partial charge >= 0.3 is 22.3 Å². The Balaban J connectivity index is 1.80. The average molecular weight is 577 g/mol. The van der Waals surface area contributed by atoms with Crippen LogP contribution < -0.4 is 9.50 Å². The van der Waals surface area contributed by atoms with Crippen LogP contribution in [0, 0.1) is 0 Å². The number of hydrogen-bond acceptors (Lipinski definition) is 5. The van der Waals surface area contributed by atoms with Gasteiger partial charge < -0.3 is 19.1 Å². The molecule has 0 unspecified atom stereocenters. The number of nitrogens with zero attached hydrogens (tertiary/aromatic N) is 1. The highest BCUT2D eigenvalue weighted by Crippen LogP contribution is 2.32. The Morgan fingerprint density at radius 2 is 1.65 bits per heavy atom. The van der Waals surface area contributed by atoms with Gasteiger partial charge in [0.15, 0.2) is 0 Å². The molecule has 0 aliphatic carbocycles. The zero-order valence-corrected chi connectivity index (χ0v) is 21.6. The van der Waals surface area contributed by atoms with Crippen molar-refractivity contribution in [2.24, 2.45) is 0 Å². The van der Waals surface area contributed by atoms with Crippen molar-refractivity contribution in [1.29, 1.82) is 0 Å². The summed E-state index contributed by atoms with van der Waals surface area (Å²) >= 11 is 12.3. The number of benzene rings is 3. The molecule has 7 nitrogen and oxygen atoms in total. The fraction of sp³-hybridized carbons (Fsp3) is 0.208. The van der Waals surface area contributed by atoms with Crippen molar-refractivity contribution in [3.05, 3.63) is 87.9 Å². The molecule has 2 amide bonds. The van der Waals surface area contributed by atoms with Gasteiger partial charge in [0.2, 0.25) is 0 Å². The second-order valence-electron chi connectivity index (χ2n) is 7.65. The summed E-state index contributed by atoms with van der Waals surface area (Å²) in [6.45, 7) is 0.375. The number of alkyl halides is 3. The lowest BCUT2D eigenvalue weighted by atomic mass is 10.2. The standard InChI is InChI=1S/C24H21Cl2F3N2O5S/c1-35-12-11-31(23(32)30-22-20(25)9-4-10-21(22)26)15-16-5-2-7-18(13-16)36-37(33,34)19-8-3-6-17(14-19)24(27,28)29/h2-10,13-14H,11-12,15H2,1H3,(H,30,32). The predicted octanol–water partition coefficient (Wildman–Crippen LogP) is 6.46. The monoisotopic (exact) mass is 576 g/mol. The van der Waals surface area contributed by atoms with Crippen LogP contribution in [0.5, 0.6) is 5.75 Å². The topological polar surface area (TPSA) is 84.9 Å². The van der Waals surface area contributed by atoms with Gasteiger partial charge in [0.25, 0.3) is 0 Å². The van der Waals surface area contributed by atoms with Crippen LogP contribution in [-0.4, -0.2) is 39.6 Å². The van der Waals surface area contributed by atoms with Crippen molar-refractivity contribution in [1.82, 2.24) is 4.90 Å². The van der Waals surface area contributed by atoms with Gasteiger partial charge in [-0.05, 0) is 48.0 Å². The van der Waals surface area contributed by atoms with E-state index in [0.717, 1.165) is 18.2 Å². The summed E-state index contributed by atoms with van der Waals surface area (Å²) in [5.74, 6) is -0.142. The van der Waals surface area contributed by atoms with Gasteiger partial charge in [-0.2, -0.15) is 21.6 Å².